The van der Waals surface area contributed by atoms with Crippen LogP contribution < -0.4 is 5.32 Å². The number of para-hydroxylation sites is 2. The van der Waals surface area contributed by atoms with Gasteiger partial charge >= 0.3 is 0 Å². The smallest absolute Gasteiger partial charge is 0.148 e. The summed E-state index contributed by atoms with van der Waals surface area (Å²) in [5, 5.41) is 3.53. The molecule has 1 aromatic heterocycles. The first kappa shape index (κ1) is 13.8. The molecule has 1 aromatic carbocycles. The summed E-state index contributed by atoms with van der Waals surface area (Å²) in [6, 6.07) is 8.43. The first-order valence-electron chi connectivity index (χ1n) is 7.15. The molecule has 0 aliphatic rings. The summed E-state index contributed by atoms with van der Waals surface area (Å²) < 4.78 is 0. The van der Waals surface area contributed by atoms with Gasteiger partial charge in [-0.1, -0.05) is 38.8 Å². The van der Waals surface area contributed by atoms with Crippen LogP contribution in [0.2, 0.25) is 0 Å². The molecule has 3 nitrogen and oxygen atoms in total. The second-order valence-electron chi connectivity index (χ2n) is 5.16. The Morgan fingerprint density at radius 1 is 1.05 bits per heavy atom. The van der Waals surface area contributed by atoms with E-state index in [1.165, 1.54) is 12.8 Å². The van der Waals surface area contributed by atoms with Crippen molar-refractivity contribution >= 4 is 16.9 Å². The van der Waals surface area contributed by atoms with Crippen LogP contribution in [0.25, 0.3) is 11.0 Å². The van der Waals surface area contributed by atoms with Crippen LogP contribution in [0.5, 0.6) is 0 Å². The molecule has 3 heteroatoms. The number of nitrogens with one attached hydrogen (secondary N) is 1. The minimum atomic E-state index is 0.421. The van der Waals surface area contributed by atoms with Gasteiger partial charge in [-0.25, -0.2) is 9.97 Å². The highest BCUT2D eigenvalue weighted by Crippen LogP contribution is 2.20. The molecule has 1 atom stereocenters. The van der Waals surface area contributed by atoms with Gasteiger partial charge in [-0.3, -0.25) is 0 Å². The monoisotopic (exact) mass is 257 g/mol. The van der Waals surface area contributed by atoms with Gasteiger partial charge in [-0.05, 0) is 31.9 Å². The fourth-order valence-electron chi connectivity index (χ4n) is 2.55. The number of nitrogens with zero attached hydrogens (tertiary/aromatic N) is 2. The fraction of sp³-hybridized carbons (Fsp3) is 0.500. The molecule has 1 unspecified atom stereocenters. The first-order chi connectivity index (χ1) is 9.15. The van der Waals surface area contributed by atoms with Gasteiger partial charge in [0.25, 0.3) is 0 Å². The second kappa shape index (κ2) is 6.00. The molecule has 0 aliphatic heterocycles. The van der Waals surface area contributed by atoms with Crippen LogP contribution in [0.4, 0.5) is 5.82 Å². The van der Waals surface area contributed by atoms with E-state index in [2.05, 4.69) is 31.1 Å². The summed E-state index contributed by atoms with van der Waals surface area (Å²) in [6.07, 6.45) is 2.37. The van der Waals surface area contributed by atoms with Crippen molar-refractivity contribution in [3.05, 3.63) is 30.0 Å². The van der Waals surface area contributed by atoms with Crippen molar-refractivity contribution in [3.8, 4) is 0 Å². The Labute approximate surface area is 115 Å². The van der Waals surface area contributed by atoms with Crippen molar-refractivity contribution in [2.45, 2.75) is 46.6 Å². The minimum Gasteiger partial charge on any atom is -0.366 e. The van der Waals surface area contributed by atoms with Crippen molar-refractivity contribution in [1.82, 2.24) is 9.97 Å². The maximum atomic E-state index is 4.69. The number of fused-ring (bicyclic) bond motifs is 1. The van der Waals surface area contributed by atoms with Crippen LogP contribution in [0.3, 0.4) is 0 Å². The van der Waals surface area contributed by atoms with Crippen molar-refractivity contribution in [2.75, 3.05) is 5.32 Å². The predicted octanol–water partition coefficient (Wildman–Crippen LogP) is 4.17. The van der Waals surface area contributed by atoms with Crippen LogP contribution in [-0.4, -0.2) is 16.0 Å². The standard InChI is InChI=1S/C16H23N3/c1-5-13(6-2)11(3)18-16-12(4)17-14-9-7-8-10-15(14)19-16/h7-11,13H,5-6H2,1-4H3,(H,18,19). The summed E-state index contributed by atoms with van der Waals surface area (Å²) >= 11 is 0. The first-order valence-corrected chi connectivity index (χ1v) is 7.15. The van der Waals surface area contributed by atoms with Gasteiger partial charge in [0, 0.05) is 6.04 Å². The molecule has 0 bridgehead atoms. The highest BCUT2D eigenvalue weighted by molar-refractivity contribution is 5.76. The maximum Gasteiger partial charge on any atom is 0.148 e. The lowest BCUT2D eigenvalue weighted by molar-refractivity contribution is 0.437. The van der Waals surface area contributed by atoms with Gasteiger partial charge in [-0.2, -0.15) is 0 Å². The molecule has 2 rings (SSSR count). The van der Waals surface area contributed by atoms with Crippen molar-refractivity contribution in [1.29, 1.82) is 0 Å². The SMILES string of the molecule is CCC(CC)C(C)Nc1nc2ccccc2nc1C. The molecule has 19 heavy (non-hydrogen) atoms. The third kappa shape index (κ3) is 3.03. The Kier molecular flexibility index (Phi) is 4.35. The van der Waals surface area contributed by atoms with E-state index in [9.17, 15) is 0 Å². The normalized spacial score (nSPS) is 12.9. The minimum absolute atomic E-state index is 0.421. The highest BCUT2D eigenvalue weighted by atomic mass is 15.0. The van der Waals surface area contributed by atoms with Crippen molar-refractivity contribution < 1.29 is 0 Å². The van der Waals surface area contributed by atoms with E-state index in [4.69, 9.17) is 4.98 Å². The summed E-state index contributed by atoms with van der Waals surface area (Å²) in [5.74, 6) is 1.59. The van der Waals surface area contributed by atoms with Crippen LogP contribution >= 0.6 is 0 Å². The van der Waals surface area contributed by atoms with Crippen molar-refractivity contribution in [3.63, 3.8) is 0 Å². The molecule has 0 fully saturated rings. The Morgan fingerprint density at radius 3 is 2.21 bits per heavy atom. The van der Waals surface area contributed by atoms with E-state index in [-0.39, 0.29) is 0 Å². The molecule has 1 N–H and O–H groups in total. The molecular formula is C16H23N3. The quantitative estimate of drug-likeness (QED) is 0.873. The van der Waals surface area contributed by atoms with Crippen molar-refractivity contribution in [2.24, 2.45) is 5.92 Å². The number of benzene rings is 1. The predicted molar refractivity (Wildman–Crippen MR) is 81.4 cm³/mol. The average Bonchev–Trinajstić information content (AvgIpc) is 2.41. The van der Waals surface area contributed by atoms with E-state index >= 15 is 0 Å². The summed E-state index contributed by atoms with van der Waals surface area (Å²) in [4.78, 5) is 9.31. The van der Waals surface area contributed by atoms with Gasteiger partial charge in [-0.15, -0.1) is 0 Å². The van der Waals surface area contributed by atoms with E-state index in [1.54, 1.807) is 0 Å². The lowest BCUT2D eigenvalue weighted by Gasteiger charge is -2.23. The molecular weight excluding hydrogens is 234 g/mol. The highest BCUT2D eigenvalue weighted by Gasteiger charge is 2.15. The molecule has 0 saturated carbocycles. The Hall–Kier alpha value is -1.64. The van der Waals surface area contributed by atoms with Crippen LogP contribution in [-0.2, 0) is 0 Å². The zero-order chi connectivity index (χ0) is 13.8. The summed E-state index contributed by atoms with van der Waals surface area (Å²) in [7, 11) is 0. The lowest BCUT2D eigenvalue weighted by atomic mass is 9.95. The Morgan fingerprint density at radius 2 is 1.63 bits per heavy atom. The zero-order valence-electron chi connectivity index (χ0n) is 12.3. The summed E-state index contributed by atoms with van der Waals surface area (Å²) in [6.45, 7) is 8.73. The molecule has 0 aliphatic carbocycles. The van der Waals surface area contributed by atoms with Gasteiger partial charge < -0.3 is 5.32 Å². The molecule has 0 spiro atoms. The van der Waals surface area contributed by atoms with E-state index in [1.807, 2.05) is 31.2 Å². The van der Waals surface area contributed by atoms with E-state index in [0.29, 0.717) is 12.0 Å². The fourth-order valence-corrected chi connectivity index (χ4v) is 2.55. The molecule has 0 saturated heterocycles. The molecule has 0 radical (unpaired) electrons. The summed E-state index contributed by atoms with van der Waals surface area (Å²) in [5.41, 5.74) is 2.88. The zero-order valence-corrected chi connectivity index (χ0v) is 12.3. The van der Waals surface area contributed by atoms with Gasteiger partial charge in [0.05, 0.1) is 16.7 Å². The number of aromatic nitrogens is 2. The van der Waals surface area contributed by atoms with Gasteiger partial charge in [0.2, 0.25) is 0 Å². The Bertz CT molecular complexity index is 547. The van der Waals surface area contributed by atoms with E-state index in [0.717, 1.165) is 22.5 Å². The number of hydrogen-bond donors (Lipinski definition) is 1. The van der Waals surface area contributed by atoms with Crippen LogP contribution in [0, 0.1) is 12.8 Å². The Balaban J connectivity index is 2.27. The molecule has 102 valence electrons. The maximum absolute atomic E-state index is 4.69. The van der Waals surface area contributed by atoms with Gasteiger partial charge in [0.1, 0.15) is 5.82 Å². The molecule has 0 amide bonds. The third-order valence-electron chi connectivity index (χ3n) is 3.87. The van der Waals surface area contributed by atoms with Crippen LogP contribution in [0.1, 0.15) is 39.3 Å². The third-order valence-corrected chi connectivity index (χ3v) is 3.87. The lowest BCUT2D eigenvalue weighted by Crippen LogP contribution is -2.26. The number of hydrogen-bond acceptors (Lipinski definition) is 3. The molecule has 1 heterocycles. The van der Waals surface area contributed by atoms with E-state index < -0.39 is 0 Å². The number of anilines is 1. The topological polar surface area (TPSA) is 37.8 Å². The largest absolute Gasteiger partial charge is 0.366 e. The average molecular weight is 257 g/mol. The second-order valence-corrected chi connectivity index (χ2v) is 5.16. The number of aryl methyl sites for hydroxylation is 1. The molecule has 2 aromatic rings. The van der Waals surface area contributed by atoms with Crippen LogP contribution in [0.15, 0.2) is 24.3 Å². The number of rotatable bonds is 5. The van der Waals surface area contributed by atoms with Gasteiger partial charge in [0.15, 0.2) is 0 Å².